The molecule has 0 aliphatic heterocycles. The third-order valence-electron chi connectivity index (χ3n) is 6.65. The quantitative estimate of drug-likeness (QED) is 0.265. The molecule has 0 saturated carbocycles. The summed E-state index contributed by atoms with van der Waals surface area (Å²) in [6, 6.07) is 45.4. The molecule has 0 nitrogen and oxygen atoms in total. The van der Waals surface area contributed by atoms with Crippen molar-refractivity contribution in [3.8, 4) is 22.3 Å². The predicted molar refractivity (Wildman–Crippen MR) is 134 cm³/mol. The Balaban J connectivity index is 1.80. The third-order valence-corrected chi connectivity index (χ3v) is 6.98. The van der Waals surface area contributed by atoms with Crippen molar-refractivity contribution in [1.29, 1.82) is 0 Å². The van der Waals surface area contributed by atoms with Crippen molar-refractivity contribution in [2.45, 2.75) is 5.41 Å². The fourth-order valence-corrected chi connectivity index (χ4v) is 5.64. The van der Waals surface area contributed by atoms with Gasteiger partial charge in [-0.3, -0.25) is 0 Å². The Morgan fingerprint density at radius 2 is 0.750 bits per heavy atom. The molecule has 1 aliphatic rings. The fourth-order valence-electron chi connectivity index (χ4n) is 5.40. The van der Waals surface area contributed by atoms with E-state index in [0.717, 1.165) is 16.1 Å². The van der Waals surface area contributed by atoms with Gasteiger partial charge in [-0.2, -0.15) is 0 Å². The van der Waals surface area contributed by atoms with E-state index in [9.17, 15) is 0 Å². The minimum atomic E-state index is -0.426. The van der Waals surface area contributed by atoms with Crippen LogP contribution in [0.4, 0.5) is 0 Å². The van der Waals surface area contributed by atoms with E-state index in [4.69, 9.17) is 11.6 Å². The Labute approximate surface area is 193 Å². The van der Waals surface area contributed by atoms with E-state index >= 15 is 0 Å². The Bertz CT molecular complexity index is 1390. The summed E-state index contributed by atoms with van der Waals surface area (Å²) in [4.78, 5) is 0. The number of benzene rings is 5. The number of rotatable bonds is 3. The standard InChI is InChI=1S/C31H21Cl/c32-30-21-11-7-17-26(30)25-16-6-10-20-29(25)31(22-12-2-1-3-13-22)27-18-8-4-14-23(27)24-15-5-9-19-28(24)31/h1-21H. The minimum Gasteiger partial charge on any atom is -0.0837 e. The highest BCUT2D eigenvalue weighted by molar-refractivity contribution is 6.33. The van der Waals surface area contributed by atoms with Gasteiger partial charge in [0.15, 0.2) is 0 Å². The van der Waals surface area contributed by atoms with Gasteiger partial charge in [-0.15, -0.1) is 0 Å². The molecule has 0 spiro atoms. The van der Waals surface area contributed by atoms with E-state index in [1.165, 1.54) is 33.4 Å². The molecular weight excluding hydrogens is 408 g/mol. The van der Waals surface area contributed by atoms with Crippen molar-refractivity contribution in [1.82, 2.24) is 0 Å². The molecule has 0 fully saturated rings. The SMILES string of the molecule is Clc1ccccc1-c1ccccc1C1(c2ccccc2)c2ccccc2-c2ccccc21. The van der Waals surface area contributed by atoms with Crippen LogP contribution in [0.1, 0.15) is 22.3 Å². The van der Waals surface area contributed by atoms with E-state index in [0.29, 0.717) is 0 Å². The summed E-state index contributed by atoms with van der Waals surface area (Å²) in [5.74, 6) is 0. The molecule has 0 radical (unpaired) electrons. The van der Waals surface area contributed by atoms with Gasteiger partial charge in [0.2, 0.25) is 0 Å². The molecule has 5 aromatic rings. The number of hydrogen-bond acceptors (Lipinski definition) is 0. The highest BCUT2D eigenvalue weighted by atomic mass is 35.5. The van der Waals surface area contributed by atoms with Gasteiger partial charge in [-0.25, -0.2) is 0 Å². The van der Waals surface area contributed by atoms with Gasteiger partial charge in [-0.05, 0) is 45.0 Å². The molecule has 0 N–H and O–H groups in total. The van der Waals surface area contributed by atoms with E-state index in [1.807, 2.05) is 12.1 Å². The van der Waals surface area contributed by atoms with Gasteiger partial charge in [0.05, 0.1) is 5.41 Å². The fraction of sp³-hybridized carbons (Fsp3) is 0.0323. The van der Waals surface area contributed by atoms with Crippen LogP contribution >= 0.6 is 11.6 Å². The van der Waals surface area contributed by atoms with Crippen molar-refractivity contribution in [3.05, 3.63) is 155 Å². The lowest BCUT2D eigenvalue weighted by molar-refractivity contribution is 0.770. The summed E-state index contributed by atoms with van der Waals surface area (Å²) < 4.78 is 0. The monoisotopic (exact) mass is 428 g/mol. The summed E-state index contributed by atoms with van der Waals surface area (Å²) in [6.45, 7) is 0. The van der Waals surface area contributed by atoms with Crippen LogP contribution in [0.3, 0.4) is 0 Å². The smallest absolute Gasteiger partial charge is 0.0719 e. The lowest BCUT2D eigenvalue weighted by Gasteiger charge is -2.35. The Morgan fingerprint density at radius 1 is 0.375 bits per heavy atom. The Kier molecular flexibility index (Phi) is 4.48. The van der Waals surface area contributed by atoms with Gasteiger partial charge in [0.1, 0.15) is 0 Å². The molecule has 0 aromatic heterocycles. The minimum absolute atomic E-state index is 0.426. The molecule has 0 unspecified atom stereocenters. The van der Waals surface area contributed by atoms with Gasteiger partial charge in [-0.1, -0.05) is 133 Å². The molecule has 0 bridgehead atoms. The first-order valence-electron chi connectivity index (χ1n) is 10.9. The van der Waals surface area contributed by atoms with Gasteiger partial charge in [0.25, 0.3) is 0 Å². The van der Waals surface area contributed by atoms with Crippen molar-refractivity contribution in [2.75, 3.05) is 0 Å². The molecule has 0 saturated heterocycles. The maximum Gasteiger partial charge on any atom is 0.0719 e. The second kappa shape index (κ2) is 7.51. The summed E-state index contributed by atoms with van der Waals surface area (Å²) in [6.07, 6.45) is 0. The van der Waals surface area contributed by atoms with E-state index in [1.54, 1.807) is 0 Å². The third kappa shape index (κ3) is 2.63. The zero-order valence-corrected chi connectivity index (χ0v) is 18.3. The first-order chi connectivity index (χ1) is 15.8. The van der Waals surface area contributed by atoms with Crippen LogP contribution < -0.4 is 0 Å². The zero-order valence-electron chi connectivity index (χ0n) is 17.5. The molecule has 6 rings (SSSR count). The maximum absolute atomic E-state index is 6.73. The summed E-state index contributed by atoms with van der Waals surface area (Å²) in [5, 5.41) is 0.766. The maximum atomic E-state index is 6.73. The molecule has 0 atom stereocenters. The molecule has 1 aliphatic carbocycles. The van der Waals surface area contributed by atoms with Crippen molar-refractivity contribution in [3.63, 3.8) is 0 Å². The summed E-state index contributed by atoms with van der Waals surface area (Å²) in [5.41, 5.74) is 9.51. The molecule has 32 heavy (non-hydrogen) atoms. The van der Waals surface area contributed by atoms with Crippen LogP contribution in [0.5, 0.6) is 0 Å². The zero-order chi connectivity index (χ0) is 21.5. The Morgan fingerprint density at radius 3 is 1.25 bits per heavy atom. The molecule has 152 valence electrons. The number of halogens is 1. The molecule has 0 heterocycles. The summed E-state index contributed by atoms with van der Waals surface area (Å²) >= 11 is 6.73. The first-order valence-corrected chi connectivity index (χ1v) is 11.3. The van der Waals surface area contributed by atoms with Gasteiger partial charge in [0, 0.05) is 10.6 Å². The van der Waals surface area contributed by atoms with E-state index in [2.05, 4.69) is 115 Å². The average molecular weight is 429 g/mol. The van der Waals surface area contributed by atoms with Crippen molar-refractivity contribution >= 4 is 11.6 Å². The highest BCUT2D eigenvalue weighted by Crippen LogP contribution is 2.57. The topological polar surface area (TPSA) is 0 Å². The number of hydrogen-bond donors (Lipinski definition) is 0. The second-order valence-corrected chi connectivity index (χ2v) is 8.64. The van der Waals surface area contributed by atoms with Crippen molar-refractivity contribution < 1.29 is 0 Å². The average Bonchev–Trinajstić information content (AvgIpc) is 3.16. The molecule has 0 amide bonds. The van der Waals surface area contributed by atoms with Crippen molar-refractivity contribution in [2.24, 2.45) is 0 Å². The van der Waals surface area contributed by atoms with Crippen LogP contribution in [0.25, 0.3) is 22.3 Å². The summed E-state index contributed by atoms with van der Waals surface area (Å²) in [7, 11) is 0. The van der Waals surface area contributed by atoms with Crippen LogP contribution in [0, 0.1) is 0 Å². The highest BCUT2D eigenvalue weighted by Gasteiger charge is 2.46. The van der Waals surface area contributed by atoms with E-state index in [-0.39, 0.29) is 0 Å². The van der Waals surface area contributed by atoms with Crippen LogP contribution in [-0.2, 0) is 5.41 Å². The predicted octanol–water partition coefficient (Wildman–Crippen LogP) is 8.37. The van der Waals surface area contributed by atoms with Gasteiger partial charge >= 0.3 is 0 Å². The van der Waals surface area contributed by atoms with Crippen LogP contribution in [0.15, 0.2) is 127 Å². The lowest BCUT2D eigenvalue weighted by atomic mass is 9.66. The molecule has 1 heteroatoms. The lowest BCUT2D eigenvalue weighted by Crippen LogP contribution is -2.29. The Hall–Kier alpha value is -3.61. The molecule has 5 aromatic carbocycles. The van der Waals surface area contributed by atoms with E-state index < -0.39 is 5.41 Å². The largest absolute Gasteiger partial charge is 0.0837 e. The van der Waals surface area contributed by atoms with Crippen LogP contribution in [0.2, 0.25) is 5.02 Å². The normalized spacial score (nSPS) is 13.4. The number of fused-ring (bicyclic) bond motifs is 3. The molecular formula is C31H21Cl. The second-order valence-electron chi connectivity index (χ2n) is 8.23. The first kappa shape index (κ1) is 19.1. The van der Waals surface area contributed by atoms with Gasteiger partial charge < -0.3 is 0 Å². The van der Waals surface area contributed by atoms with Crippen LogP contribution in [-0.4, -0.2) is 0 Å².